The van der Waals surface area contributed by atoms with Crippen LogP contribution in [-0.4, -0.2) is 27.7 Å². The Morgan fingerprint density at radius 2 is 1.74 bits per heavy atom. The monoisotopic (exact) mass is 336 g/mol. The van der Waals surface area contributed by atoms with Gasteiger partial charge in [0.15, 0.2) is 0 Å². The molecule has 1 unspecified atom stereocenters. The zero-order valence-corrected chi connectivity index (χ0v) is 14.3. The lowest BCUT2D eigenvalue weighted by Gasteiger charge is -2.29. The molecule has 2 aromatic rings. The maximum absolute atomic E-state index is 10.5. The number of halogens is 1. The van der Waals surface area contributed by atoms with Crippen LogP contribution in [0.25, 0.3) is 0 Å². The molecule has 2 rings (SSSR count). The summed E-state index contributed by atoms with van der Waals surface area (Å²) in [5.74, 6) is 0.0425. The van der Waals surface area contributed by atoms with Gasteiger partial charge in [0.2, 0.25) is 0 Å². The molecule has 0 amide bonds. The zero-order chi connectivity index (χ0) is 16.1. The second kappa shape index (κ2) is 8.77. The highest BCUT2D eigenvalue weighted by Crippen LogP contribution is 2.25. The Bertz CT molecular complexity index is 605. The summed E-state index contributed by atoms with van der Waals surface area (Å²) in [4.78, 5) is 2.21. The van der Waals surface area contributed by atoms with Gasteiger partial charge in [0, 0.05) is 19.1 Å². The molecule has 126 valence electrons. The van der Waals surface area contributed by atoms with Gasteiger partial charge in [-0.25, -0.2) is 0 Å². The number of aliphatic hydroxyl groups is 1. The minimum atomic E-state index is -0.644. The molecule has 0 aliphatic carbocycles. The SMILES string of the molecule is CC(C)N(Cc1ccccc1)CC(O)c1ccc(O)c(N)c1.Cl. The second-order valence-electron chi connectivity index (χ2n) is 5.84. The summed E-state index contributed by atoms with van der Waals surface area (Å²) in [7, 11) is 0. The molecule has 4 N–H and O–H groups in total. The predicted octanol–water partition coefficient (Wildman–Crippen LogP) is 3.34. The van der Waals surface area contributed by atoms with E-state index in [4.69, 9.17) is 5.73 Å². The van der Waals surface area contributed by atoms with Crippen molar-refractivity contribution in [1.29, 1.82) is 0 Å². The molecule has 0 saturated heterocycles. The van der Waals surface area contributed by atoms with Crippen LogP contribution in [-0.2, 0) is 6.54 Å². The molecule has 0 fully saturated rings. The van der Waals surface area contributed by atoms with Crippen LogP contribution >= 0.6 is 12.4 Å². The van der Waals surface area contributed by atoms with Crippen LogP contribution in [0.3, 0.4) is 0 Å². The van der Waals surface area contributed by atoms with Crippen molar-refractivity contribution in [2.75, 3.05) is 12.3 Å². The molecule has 0 heterocycles. The number of phenolic OH excluding ortho intramolecular Hbond substituents is 1. The van der Waals surface area contributed by atoms with E-state index in [1.165, 1.54) is 11.6 Å². The Morgan fingerprint density at radius 1 is 1.09 bits per heavy atom. The summed E-state index contributed by atoms with van der Waals surface area (Å²) in [6.07, 6.45) is -0.644. The van der Waals surface area contributed by atoms with E-state index in [0.717, 1.165) is 6.54 Å². The van der Waals surface area contributed by atoms with E-state index in [0.29, 0.717) is 18.2 Å². The number of nitrogens with two attached hydrogens (primary N) is 1. The maximum atomic E-state index is 10.5. The van der Waals surface area contributed by atoms with Gasteiger partial charge in [0.1, 0.15) is 5.75 Å². The molecule has 2 aromatic carbocycles. The summed E-state index contributed by atoms with van der Waals surface area (Å²) in [5, 5.41) is 19.9. The molecular weight excluding hydrogens is 312 g/mol. The Balaban J connectivity index is 0.00000264. The standard InChI is InChI=1S/C18H24N2O2.ClH/c1-13(2)20(11-14-6-4-3-5-7-14)12-18(22)15-8-9-17(21)16(19)10-15;/h3-10,13,18,21-22H,11-12,19H2,1-2H3;1H. The fraction of sp³-hybridized carbons (Fsp3) is 0.333. The third kappa shape index (κ3) is 5.43. The van der Waals surface area contributed by atoms with Crippen LogP contribution in [0, 0.1) is 0 Å². The van der Waals surface area contributed by atoms with Crippen LogP contribution in [0.4, 0.5) is 5.69 Å². The van der Waals surface area contributed by atoms with Crippen molar-refractivity contribution in [3.63, 3.8) is 0 Å². The van der Waals surface area contributed by atoms with Crippen molar-refractivity contribution < 1.29 is 10.2 Å². The Morgan fingerprint density at radius 3 is 2.30 bits per heavy atom. The number of aliphatic hydroxyl groups excluding tert-OH is 1. The molecular formula is C18H25ClN2O2. The summed E-state index contributed by atoms with van der Waals surface area (Å²) in [6, 6.07) is 15.4. The number of phenols is 1. The Hall–Kier alpha value is -1.75. The van der Waals surface area contributed by atoms with Crippen LogP contribution in [0.2, 0.25) is 0 Å². The number of anilines is 1. The highest BCUT2D eigenvalue weighted by atomic mass is 35.5. The van der Waals surface area contributed by atoms with Crippen molar-refractivity contribution in [3.8, 4) is 5.75 Å². The molecule has 0 aliphatic heterocycles. The molecule has 23 heavy (non-hydrogen) atoms. The van der Waals surface area contributed by atoms with Gasteiger partial charge in [-0.15, -0.1) is 12.4 Å². The number of aromatic hydroxyl groups is 1. The van der Waals surface area contributed by atoms with E-state index in [9.17, 15) is 10.2 Å². The van der Waals surface area contributed by atoms with Crippen molar-refractivity contribution in [1.82, 2.24) is 4.90 Å². The van der Waals surface area contributed by atoms with E-state index in [-0.39, 0.29) is 23.8 Å². The normalized spacial score (nSPS) is 12.2. The number of nitrogen functional groups attached to an aromatic ring is 1. The first-order valence-corrected chi connectivity index (χ1v) is 7.52. The van der Waals surface area contributed by atoms with Crippen LogP contribution in [0.15, 0.2) is 48.5 Å². The maximum Gasteiger partial charge on any atom is 0.138 e. The minimum Gasteiger partial charge on any atom is -0.506 e. The quantitative estimate of drug-likeness (QED) is 0.559. The molecule has 1 atom stereocenters. The van der Waals surface area contributed by atoms with E-state index in [1.54, 1.807) is 12.1 Å². The average molecular weight is 337 g/mol. The van der Waals surface area contributed by atoms with Crippen molar-refractivity contribution in [3.05, 3.63) is 59.7 Å². The molecule has 0 bridgehead atoms. The third-order valence-electron chi connectivity index (χ3n) is 3.80. The molecule has 4 nitrogen and oxygen atoms in total. The van der Waals surface area contributed by atoms with Gasteiger partial charge in [0.25, 0.3) is 0 Å². The first-order chi connectivity index (χ1) is 10.5. The Kier molecular flexibility index (Phi) is 7.36. The fourth-order valence-corrected chi connectivity index (χ4v) is 2.38. The van der Waals surface area contributed by atoms with Gasteiger partial charge < -0.3 is 15.9 Å². The number of nitrogens with zero attached hydrogens (tertiary/aromatic N) is 1. The van der Waals surface area contributed by atoms with Crippen molar-refractivity contribution >= 4 is 18.1 Å². The van der Waals surface area contributed by atoms with Crippen LogP contribution < -0.4 is 5.73 Å². The number of rotatable bonds is 6. The molecule has 0 radical (unpaired) electrons. The lowest BCUT2D eigenvalue weighted by molar-refractivity contribution is 0.0908. The number of benzene rings is 2. The number of hydrogen-bond donors (Lipinski definition) is 3. The van der Waals surface area contributed by atoms with Gasteiger partial charge >= 0.3 is 0 Å². The van der Waals surface area contributed by atoms with Gasteiger partial charge in [-0.2, -0.15) is 0 Å². The van der Waals surface area contributed by atoms with Gasteiger partial charge in [-0.3, -0.25) is 4.90 Å². The summed E-state index contributed by atoms with van der Waals surface area (Å²) >= 11 is 0. The highest BCUT2D eigenvalue weighted by Gasteiger charge is 2.17. The van der Waals surface area contributed by atoms with E-state index in [2.05, 4.69) is 30.9 Å². The van der Waals surface area contributed by atoms with E-state index in [1.807, 2.05) is 18.2 Å². The lowest BCUT2D eigenvalue weighted by Crippen LogP contribution is -2.34. The van der Waals surface area contributed by atoms with Gasteiger partial charge in [-0.05, 0) is 37.1 Å². The summed E-state index contributed by atoms with van der Waals surface area (Å²) in [6.45, 7) is 5.52. The van der Waals surface area contributed by atoms with Crippen LogP contribution in [0.5, 0.6) is 5.75 Å². The van der Waals surface area contributed by atoms with Gasteiger partial charge in [0.05, 0.1) is 11.8 Å². The van der Waals surface area contributed by atoms with E-state index >= 15 is 0 Å². The van der Waals surface area contributed by atoms with Crippen molar-refractivity contribution in [2.24, 2.45) is 0 Å². The molecule has 0 spiro atoms. The highest BCUT2D eigenvalue weighted by molar-refractivity contribution is 5.85. The third-order valence-corrected chi connectivity index (χ3v) is 3.80. The van der Waals surface area contributed by atoms with E-state index < -0.39 is 6.10 Å². The van der Waals surface area contributed by atoms with Crippen LogP contribution in [0.1, 0.15) is 31.1 Å². The Labute approximate surface area is 144 Å². The molecule has 5 heteroatoms. The first-order valence-electron chi connectivity index (χ1n) is 7.52. The smallest absolute Gasteiger partial charge is 0.138 e. The topological polar surface area (TPSA) is 69.7 Å². The average Bonchev–Trinajstić information content (AvgIpc) is 2.50. The predicted molar refractivity (Wildman–Crippen MR) is 96.7 cm³/mol. The first kappa shape index (κ1) is 19.3. The largest absolute Gasteiger partial charge is 0.506 e. The summed E-state index contributed by atoms with van der Waals surface area (Å²) in [5.41, 5.74) is 7.92. The zero-order valence-electron chi connectivity index (χ0n) is 13.5. The molecule has 0 aromatic heterocycles. The summed E-state index contributed by atoms with van der Waals surface area (Å²) < 4.78 is 0. The van der Waals surface area contributed by atoms with Gasteiger partial charge in [-0.1, -0.05) is 36.4 Å². The molecule has 0 saturated carbocycles. The van der Waals surface area contributed by atoms with Crippen molar-refractivity contribution in [2.45, 2.75) is 32.5 Å². The fourth-order valence-electron chi connectivity index (χ4n) is 2.38. The second-order valence-corrected chi connectivity index (χ2v) is 5.84. The number of hydrogen-bond acceptors (Lipinski definition) is 4. The lowest BCUT2D eigenvalue weighted by atomic mass is 10.1. The molecule has 0 aliphatic rings. The minimum absolute atomic E-state index is 0.